The number of amides is 1. The second kappa shape index (κ2) is 7.94. The molecule has 1 aliphatic heterocycles. The van der Waals surface area contributed by atoms with E-state index in [2.05, 4.69) is 10.3 Å². The molecule has 9 nitrogen and oxygen atoms in total. The number of fused-ring (bicyclic) bond motifs is 2. The molecule has 9 heteroatoms. The normalized spacial score (nSPS) is 13.4. The van der Waals surface area contributed by atoms with Crippen molar-refractivity contribution < 1.29 is 14.5 Å². The molecule has 0 fully saturated rings. The van der Waals surface area contributed by atoms with E-state index in [0.717, 1.165) is 37.6 Å². The molecule has 154 valence electrons. The molecule has 0 atom stereocenters. The minimum atomic E-state index is -0.607. The predicted molar refractivity (Wildman–Crippen MR) is 111 cm³/mol. The van der Waals surface area contributed by atoms with Crippen LogP contribution in [0.1, 0.15) is 35.4 Å². The third kappa shape index (κ3) is 3.61. The summed E-state index contributed by atoms with van der Waals surface area (Å²) in [4.78, 5) is 40.8. The summed E-state index contributed by atoms with van der Waals surface area (Å²) >= 11 is 0. The van der Waals surface area contributed by atoms with Crippen LogP contribution in [0.3, 0.4) is 0 Å². The van der Waals surface area contributed by atoms with Gasteiger partial charge in [0.2, 0.25) is 0 Å². The molecule has 30 heavy (non-hydrogen) atoms. The summed E-state index contributed by atoms with van der Waals surface area (Å²) in [6.45, 7) is 0.642. The third-order valence-electron chi connectivity index (χ3n) is 5.21. The maximum Gasteiger partial charge on any atom is 0.311 e. The van der Waals surface area contributed by atoms with Crippen LogP contribution in [0.15, 0.2) is 41.2 Å². The van der Waals surface area contributed by atoms with Crippen LogP contribution in [-0.2, 0) is 13.0 Å². The van der Waals surface area contributed by atoms with Gasteiger partial charge in [-0.3, -0.25) is 24.3 Å². The number of rotatable bonds is 4. The standard InChI is InChI=1S/C21H20N4O5/c1-30-18-9-6-13(11-17(18)25(28)29)20(26)22-14-7-8-16-15(12-14)21(27)24-10-4-2-3-5-19(24)23-16/h6-9,11-12H,2-5,10H2,1H3,(H,22,26). The Morgan fingerprint density at radius 2 is 2.03 bits per heavy atom. The lowest BCUT2D eigenvalue weighted by molar-refractivity contribution is -0.385. The van der Waals surface area contributed by atoms with Gasteiger partial charge >= 0.3 is 5.69 Å². The van der Waals surface area contributed by atoms with Crippen molar-refractivity contribution in [3.8, 4) is 5.75 Å². The van der Waals surface area contributed by atoms with Crippen LogP contribution < -0.4 is 15.6 Å². The molecule has 1 aromatic heterocycles. The number of carbonyl (C=O) groups is 1. The van der Waals surface area contributed by atoms with Gasteiger partial charge in [-0.15, -0.1) is 0 Å². The molecular formula is C21H20N4O5. The van der Waals surface area contributed by atoms with Gasteiger partial charge in [-0.25, -0.2) is 4.98 Å². The Morgan fingerprint density at radius 3 is 2.80 bits per heavy atom. The molecule has 0 spiro atoms. The zero-order chi connectivity index (χ0) is 21.3. The summed E-state index contributed by atoms with van der Waals surface area (Å²) in [6.07, 6.45) is 3.79. The van der Waals surface area contributed by atoms with E-state index in [1.165, 1.54) is 19.2 Å². The van der Waals surface area contributed by atoms with E-state index in [1.807, 2.05) is 0 Å². The smallest absolute Gasteiger partial charge is 0.311 e. The molecule has 0 bridgehead atoms. The molecule has 0 aliphatic carbocycles. The fraction of sp³-hybridized carbons (Fsp3) is 0.286. The number of anilines is 1. The van der Waals surface area contributed by atoms with E-state index in [9.17, 15) is 19.7 Å². The maximum absolute atomic E-state index is 12.9. The quantitative estimate of drug-likeness (QED) is 0.523. The number of benzene rings is 2. The number of nitro groups is 1. The lowest BCUT2D eigenvalue weighted by Crippen LogP contribution is -2.24. The Kier molecular flexibility index (Phi) is 5.18. The molecule has 2 aromatic carbocycles. The lowest BCUT2D eigenvalue weighted by Gasteiger charge is -2.11. The Balaban J connectivity index is 1.66. The Labute approximate surface area is 171 Å². The minimum absolute atomic E-state index is 0.0713. The molecule has 2 heterocycles. The Bertz CT molecular complexity index is 1220. The fourth-order valence-corrected chi connectivity index (χ4v) is 3.67. The van der Waals surface area contributed by atoms with Crippen LogP contribution in [0.4, 0.5) is 11.4 Å². The van der Waals surface area contributed by atoms with Gasteiger partial charge in [0.25, 0.3) is 11.5 Å². The lowest BCUT2D eigenvalue weighted by atomic mass is 10.1. The predicted octanol–water partition coefficient (Wildman–Crippen LogP) is 3.29. The van der Waals surface area contributed by atoms with Gasteiger partial charge in [-0.05, 0) is 43.2 Å². The van der Waals surface area contributed by atoms with Crippen molar-refractivity contribution in [3.05, 3.63) is 68.3 Å². The first-order chi connectivity index (χ1) is 14.5. The van der Waals surface area contributed by atoms with E-state index < -0.39 is 10.8 Å². The van der Waals surface area contributed by atoms with Gasteiger partial charge in [0.15, 0.2) is 5.75 Å². The van der Waals surface area contributed by atoms with Crippen molar-refractivity contribution in [2.45, 2.75) is 32.2 Å². The summed E-state index contributed by atoms with van der Waals surface area (Å²) in [5.74, 6) is 0.345. The van der Waals surface area contributed by atoms with Gasteiger partial charge in [0, 0.05) is 30.3 Å². The molecule has 1 amide bonds. The second-order valence-corrected chi connectivity index (χ2v) is 7.13. The van der Waals surface area contributed by atoms with Crippen molar-refractivity contribution in [1.82, 2.24) is 9.55 Å². The number of hydrogen-bond acceptors (Lipinski definition) is 6. The van der Waals surface area contributed by atoms with Crippen LogP contribution >= 0.6 is 0 Å². The highest BCUT2D eigenvalue weighted by atomic mass is 16.6. The topological polar surface area (TPSA) is 116 Å². The van der Waals surface area contributed by atoms with E-state index in [0.29, 0.717) is 23.1 Å². The van der Waals surface area contributed by atoms with E-state index >= 15 is 0 Å². The van der Waals surface area contributed by atoms with Crippen LogP contribution in [0, 0.1) is 10.1 Å². The van der Waals surface area contributed by atoms with E-state index in [4.69, 9.17) is 4.74 Å². The minimum Gasteiger partial charge on any atom is -0.490 e. The van der Waals surface area contributed by atoms with Crippen molar-refractivity contribution in [3.63, 3.8) is 0 Å². The molecular weight excluding hydrogens is 388 g/mol. The summed E-state index contributed by atoms with van der Waals surface area (Å²) in [7, 11) is 1.32. The highest BCUT2D eigenvalue weighted by Gasteiger charge is 2.19. The number of ether oxygens (including phenoxy) is 1. The number of aromatic nitrogens is 2. The molecule has 0 saturated carbocycles. The van der Waals surface area contributed by atoms with Crippen LogP contribution in [0.5, 0.6) is 5.75 Å². The van der Waals surface area contributed by atoms with Gasteiger partial charge in [-0.2, -0.15) is 0 Å². The number of nitrogens with one attached hydrogen (secondary N) is 1. The number of carbonyl (C=O) groups excluding carboxylic acids is 1. The third-order valence-corrected chi connectivity index (χ3v) is 5.21. The zero-order valence-corrected chi connectivity index (χ0v) is 16.4. The summed E-state index contributed by atoms with van der Waals surface area (Å²) in [5, 5.41) is 14.3. The van der Waals surface area contributed by atoms with Gasteiger partial charge in [0.05, 0.1) is 22.9 Å². The number of nitrogens with zero attached hydrogens (tertiary/aromatic N) is 3. The van der Waals surface area contributed by atoms with E-state index in [-0.39, 0.29) is 22.6 Å². The monoisotopic (exact) mass is 408 g/mol. The summed E-state index contributed by atoms with van der Waals surface area (Å²) in [6, 6.07) is 8.94. The molecule has 1 aliphatic rings. The van der Waals surface area contributed by atoms with Gasteiger partial charge < -0.3 is 10.1 Å². The maximum atomic E-state index is 12.9. The summed E-state index contributed by atoms with van der Waals surface area (Å²) in [5.41, 5.74) is 0.700. The molecule has 0 radical (unpaired) electrons. The van der Waals surface area contributed by atoms with Crippen molar-refractivity contribution in [1.29, 1.82) is 0 Å². The molecule has 0 saturated heterocycles. The average Bonchev–Trinajstić information content (AvgIpc) is 2.99. The number of nitro benzene ring substituents is 1. The highest BCUT2D eigenvalue weighted by Crippen LogP contribution is 2.28. The van der Waals surface area contributed by atoms with Crippen LogP contribution in [0.2, 0.25) is 0 Å². The molecule has 4 rings (SSSR count). The highest BCUT2D eigenvalue weighted by molar-refractivity contribution is 6.05. The second-order valence-electron chi connectivity index (χ2n) is 7.13. The number of methoxy groups -OCH3 is 1. The first kappa shape index (κ1) is 19.6. The average molecular weight is 408 g/mol. The summed E-state index contributed by atoms with van der Waals surface area (Å²) < 4.78 is 6.67. The number of aryl methyl sites for hydroxylation is 1. The largest absolute Gasteiger partial charge is 0.490 e. The van der Waals surface area contributed by atoms with Gasteiger partial charge in [0.1, 0.15) is 5.82 Å². The molecule has 0 unspecified atom stereocenters. The Hall–Kier alpha value is -3.75. The first-order valence-corrected chi connectivity index (χ1v) is 9.65. The molecule has 1 N–H and O–H groups in total. The molecule has 3 aromatic rings. The van der Waals surface area contributed by atoms with Crippen molar-refractivity contribution >= 4 is 28.2 Å². The fourth-order valence-electron chi connectivity index (χ4n) is 3.67. The Morgan fingerprint density at radius 1 is 1.20 bits per heavy atom. The first-order valence-electron chi connectivity index (χ1n) is 9.65. The zero-order valence-electron chi connectivity index (χ0n) is 16.4. The van der Waals surface area contributed by atoms with Crippen molar-refractivity contribution in [2.75, 3.05) is 12.4 Å². The SMILES string of the molecule is COc1ccc(C(=O)Nc2ccc3nc4n(c(=O)c3c2)CCCCC4)cc1[N+](=O)[O-]. The van der Waals surface area contributed by atoms with Gasteiger partial charge in [-0.1, -0.05) is 6.42 Å². The van der Waals surface area contributed by atoms with Crippen molar-refractivity contribution in [2.24, 2.45) is 0 Å². The van der Waals surface area contributed by atoms with Crippen LogP contribution in [-0.4, -0.2) is 27.5 Å². The van der Waals surface area contributed by atoms with Crippen LogP contribution in [0.25, 0.3) is 10.9 Å². The van der Waals surface area contributed by atoms with E-state index in [1.54, 1.807) is 22.8 Å². The number of hydrogen-bond donors (Lipinski definition) is 1.